The van der Waals surface area contributed by atoms with Crippen LogP contribution in [0.3, 0.4) is 0 Å². The molecule has 0 aliphatic heterocycles. The third-order valence-electron chi connectivity index (χ3n) is 7.21. The lowest BCUT2D eigenvalue weighted by Crippen LogP contribution is -2.52. The predicted octanol–water partition coefficient (Wildman–Crippen LogP) is 6.19. The van der Waals surface area contributed by atoms with Crippen LogP contribution in [0, 0.1) is 17.8 Å². The summed E-state index contributed by atoms with van der Waals surface area (Å²) in [5.74, 6) is 2.62. The van der Waals surface area contributed by atoms with E-state index in [4.69, 9.17) is 21.8 Å². The molecule has 7 rings (SSSR count). The van der Waals surface area contributed by atoms with Gasteiger partial charge in [0.15, 0.2) is 0 Å². The zero-order valence-corrected chi connectivity index (χ0v) is 16.6. The molecule has 0 saturated heterocycles. The van der Waals surface area contributed by atoms with Crippen molar-refractivity contribution in [2.45, 2.75) is 44.1 Å². The van der Waals surface area contributed by atoms with E-state index in [0.717, 1.165) is 45.3 Å². The first kappa shape index (κ1) is 16.8. The molecule has 0 unspecified atom stereocenters. The number of nitrogens with zero attached hydrogens (tertiary/aromatic N) is 3. The topological polar surface area (TPSA) is 30.7 Å². The highest BCUT2D eigenvalue weighted by Crippen LogP contribution is 2.58. The zero-order valence-electron chi connectivity index (χ0n) is 15.9. The highest BCUT2D eigenvalue weighted by atomic mass is 35.5. The number of hydrogen-bond donors (Lipinski definition) is 0. The third kappa shape index (κ3) is 2.63. The van der Waals surface area contributed by atoms with Crippen LogP contribution in [-0.2, 0) is 5.54 Å². The van der Waals surface area contributed by atoms with Crippen molar-refractivity contribution in [3.05, 3.63) is 59.6 Å². The second kappa shape index (κ2) is 6.18. The summed E-state index contributed by atoms with van der Waals surface area (Å²) in [6, 6.07) is 18.5. The van der Waals surface area contributed by atoms with Gasteiger partial charge in [-0.1, -0.05) is 54.1 Å². The van der Waals surface area contributed by atoms with Crippen LogP contribution >= 0.6 is 11.6 Å². The molecule has 0 spiro atoms. The monoisotopic (exact) mass is 389 g/mol. The van der Waals surface area contributed by atoms with Crippen LogP contribution in [-0.4, -0.2) is 15.0 Å². The molecular formula is C24H24ClN3. The Morgan fingerprint density at radius 2 is 1.21 bits per heavy atom. The van der Waals surface area contributed by atoms with Crippen LogP contribution in [0.5, 0.6) is 0 Å². The fourth-order valence-corrected chi connectivity index (χ4v) is 6.55. The summed E-state index contributed by atoms with van der Waals surface area (Å²) >= 11 is 6.13. The van der Waals surface area contributed by atoms with Gasteiger partial charge in [0.1, 0.15) is 11.4 Å². The summed E-state index contributed by atoms with van der Waals surface area (Å²) in [5, 5.41) is 11.0. The maximum absolute atomic E-state index is 6.13. The molecule has 2 aromatic carbocycles. The average Bonchev–Trinajstić information content (AvgIpc) is 3.15. The van der Waals surface area contributed by atoms with Gasteiger partial charge in [-0.05, 0) is 68.4 Å². The Morgan fingerprint density at radius 3 is 1.75 bits per heavy atom. The summed E-state index contributed by atoms with van der Waals surface area (Å²) < 4.78 is 0. The molecule has 4 fully saturated rings. The zero-order chi connectivity index (χ0) is 18.7. The highest BCUT2D eigenvalue weighted by molar-refractivity contribution is 6.30. The Balaban J connectivity index is 1.50. The molecule has 1 aromatic heterocycles. The molecule has 4 heteroatoms. The fraction of sp³-hybridized carbons (Fsp3) is 0.417. The number of hydrogen-bond acceptors (Lipinski definition) is 2. The van der Waals surface area contributed by atoms with Crippen LogP contribution in [0.25, 0.3) is 22.5 Å². The van der Waals surface area contributed by atoms with E-state index in [0.29, 0.717) is 0 Å². The largest absolute Gasteiger partial charge is 0.177 e. The van der Waals surface area contributed by atoms with Crippen LogP contribution in [0.1, 0.15) is 38.5 Å². The van der Waals surface area contributed by atoms with Crippen molar-refractivity contribution in [3.63, 3.8) is 0 Å². The van der Waals surface area contributed by atoms with E-state index in [1.54, 1.807) is 0 Å². The van der Waals surface area contributed by atoms with Gasteiger partial charge in [-0.2, -0.15) is 15.0 Å². The second-order valence-electron chi connectivity index (χ2n) is 9.20. The highest BCUT2D eigenvalue weighted by Gasteiger charge is 2.53. The quantitative estimate of drug-likeness (QED) is 0.534. The Kier molecular flexibility index (Phi) is 3.71. The molecule has 0 amide bonds. The number of rotatable bonds is 3. The first-order valence-electron chi connectivity index (χ1n) is 10.5. The van der Waals surface area contributed by atoms with Crippen LogP contribution < -0.4 is 0 Å². The smallest absolute Gasteiger partial charge is 0.121 e. The van der Waals surface area contributed by atoms with E-state index >= 15 is 0 Å². The van der Waals surface area contributed by atoms with E-state index in [9.17, 15) is 0 Å². The van der Waals surface area contributed by atoms with Gasteiger partial charge in [0.05, 0.1) is 5.54 Å². The summed E-state index contributed by atoms with van der Waals surface area (Å²) in [6.07, 6.45) is 8.04. The molecular weight excluding hydrogens is 366 g/mol. The molecule has 0 atom stereocenters. The molecule has 4 saturated carbocycles. The maximum Gasteiger partial charge on any atom is 0.121 e. The van der Waals surface area contributed by atoms with Gasteiger partial charge in [-0.15, -0.1) is 0 Å². The van der Waals surface area contributed by atoms with E-state index in [1.165, 1.54) is 38.5 Å². The Hall–Kier alpha value is -2.13. The van der Waals surface area contributed by atoms with Crippen LogP contribution in [0.4, 0.5) is 0 Å². The minimum absolute atomic E-state index is 0.128. The first-order chi connectivity index (χ1) is 13.7. The number of benzene rings is 2. The van der Waals surface area contributed by atoms with Crippen molar-refractivity contribution in [2.75, 3.05) is 0 Å². The van der Waals surface area contributed by atoms with Crippen molar-refractivity contribution in [2.24, 2.45) is 17.8 Å². The van der Waals surface area contributed by atoms with Gasteiger partial charge in [-0.3, -0.25) is 0 Å². The minimum Gasteiger partial charge on any atom is -0.177 e. The molecule has 142 valence electrons. The molecule has 28 heavy (non-hydrogen) atoms. The summed E-state index contributed by atoms with van der Waals surface area (Å²) in [7, 11) is 0. The van der Waals surface area contributed by atoms with Crippen molar-refractivity contribution >= 4 is 11.6 Å². The Bertz CT molecular complexity index is 971. The lowest BCUT2D eigenvalue weighted by atomic mass is 9.53. The fourth-order valence-electron chi connectivity index (χ4n) is 6.42. The van der Waals surface area contributed by atoms with Crippen molar-refractivity contribution in [1.82, 2.24) is 15.0 Å². The van der Waals surface area contributed by atoms with E-state index in [2.05, 4.69) is 47.3 Å². The third-order valence-corrected chi connectivity index (χ3v) is 7.46. The molecule has 4 aliphatic carbocycles. The van der Waals surface area contributed by atoms with Crippen molar-refractivity contribution in [1.29, 1.82) is 0 Å². The summed E-state index contributed by atoms with van der Waals surface area (Å²) in [4.78, 5) is 2.13. The van der Waals surface area contributed by atoms with Crippen molar-refractivity contribution < 1.29 is 0 Å². The second-order valence-corrected chi connectivity index (χ2v) is 9.64. The van der Waals surface area contributed by atoms with Crippen LogP contribution in [0.2, 0.25) is 5.02 Å². The van der Waals surface area contributed by atoms with Gasteiger partial charge in [-0.25, -0.2) is 0 Å². The van der Waals surface area contributed by atoms with Gasteiger partial charge in [0.2, 0.25) is 0 Å². The summed E-state index contributed by atoms with van der Waals surface area (Å²) in [5.41, 5.74) is 4.29. The minimum atomic E-state index is 0.128. The molecule has 1 heterocycles. The standard InChI is InChI=1S/C24H24ClN3/c25-21-8-6-20(7-9-21)23-22(19-4-2-1-3-5-19)26-28(27-23)24-13-16-10-17(14-24)12-18(11-16)15-24/h1-9,16-18H,10-15H2. The normalized spacial score (nSPS) is 30.7. The van der Waals surface area contributed by atoms with E-state index < -0.39 is 0 Å². The molecule has 4 aliphatic rings. The Morgan fingerprint density at radius 1 is 0.714 bits per heavy atom. The molecule has 3 nitrogen and oxygen atoms in total. The van der Waals surface area contributed by atoms with Crippen molar-refractivity contribution in [3.8, 4) is 22.5 Å². The lowest BCUT2D eigenvalue weighted by Gasteiger charge is -2.55. The molecule has 4 bridgehead atoms. The average molecular weight is 390 g/mol. The maximum atomic E-state index is 6.13. The van der Waals surface area contributed by atoms with Gasteiger partial charge in [0.25, 0.3) is 0 Å². The lowest BCUT2D eigenvalue weighted by molar-refractivity contribution is -0.0565. The molecule has 3 aromatic rings. The van der Waals surface area contributed by atoms with Gasteiger partial charge >= 0.3 is 0 Å². The van der Waals surface area contributed by atoms with Gasteiger partial charge in [0, 0.05) is 16.1 Å². The number of halogens is 1. The van der Waals surface area contributed by atoms with Gasteiger partial charge < -0.3 is 0 Å². The SMILES string of the molecule is Clc1ccc(-c2nn(C34CC5CC(CC(C5)C3)C4)nc2-c2ccccc2)cc1. The van der Waals surface area contributed by atoms with E-state index in [-0.39, 0.29) is 5.54 Å². The predicted molar refractivity (Wildman–Crippen MR) is 112 cm³/mol. The molecule has 0 N–H and O–H groups in total. The molecule has 0 radical (unpaired) electrons. The number of aromatic nitrogens is 3. The summed E-state index contributed by atoms with van der Waals surface area (Å²) in [6.45, 7) is 0. The first-order valence-corrected chi connectivity index (χ1v) is 10.9. The Labute approximate surface area is 170 Å². The van der Waals surface area contributed by atoms with E-state index in [1.807, 2.05) is 12.1 Å². The van der Waals surface area contributed by atoms with Crippen LogP contribution in [0.15, 0.2) is 54.6 Å².